The molecule has 0 aliphatic heterocycles. The van der Waals surface area contributed by atoms with E-state index in [1.807, 2.05) is 0 Å². The van der Waals surface area contributed by atoms with Crippen LogP contribution in [-0.4, -0.2) is 58.9 Å². The molecule has 0 fully saturated rings. The Morgan fingerprint density at radius 1 is 0.742 bits per heavy atom. The summed E-state index contributed by atoms with van der Waals surface area (Å²) in [7, 11) is 0. The molecule has 4 amide bonds. The van der Waals surface area contributed by atoms with Crippen LogP contribution in [0.5, 0.6) is 0 Å². The number of primary amides is 1. The molecule has 31 heavy (non-hydrogen) atoms. The van der Waals surface area contributed by atoms with Gasteiger partial charge in [-0.05, 0) is 24.2 Å². The van der Waals surface area contributed by atoms with Gasteiger partial charge in [0.1, 0.15) is 18.1 Å². The molecule has 4 unspecified atom stereocenters. The molecule has 0 radical (unpaired) electrons. The van der Waals surface area contributed by atoms with E-state index in [0.717, 1.165) is 0 Å². The molecule has 0 rings (SSSR count). The Hall–Kier alpha value is -2.69. The fourth-order valence-corrected chi connectivity index (χ4v) is 2.67. The van der Waals surface area contributed by atoms with Crippen LogP contribution in [0.3, 0.4) is 0 Å². The zero-order valence-corrected chi connectivity index (χ0v) is 19.1. The van der Waals surface area contributed by atoms with Crippen LogP contribution < -0.4 is 27.4 Å². The highest BCUT2D eigenvalue weighted by atomic mass is 16.4. The van der Waals surface area contributed by atoms with E-state index in [9.17, 15) is 29.1 Å². The normalized spacial score (nSPS) is 15.2. The maximum Gasteiger partial charge on any atom is 0.326 e. The summed E-state index contributed by atoms with van der Waals surface area (Å²) in [5, 5.41) is 16.8. The van der Waals surface area contributed by atoms with Crippen molar-refractivity contribution in [2.45, 2.75) is 78.6 Å². The maximum absolute atomic E-state index is 12.8. The van der Waals surface area contributed by atoms with Gasteiger partial charge in [-0.2, -0.15) is 0 Å². The lowest BCUT2D eigenvalue weighted by Crippen LogP contribution is -2.59. The van der Waals surface area contributed by atoms with E-state index in [4.69, 9.17) is 11.5 Å². The maximum atomic E-state index is 12.8. The van der Waals surface area contributed by atoms with E-state index in [-0.39, 0.29) is 24.7 Å². The van der Waals surface area contributed by atoms with Gasteiger partial charge in [-0.1, -0.05) is 41.5 Å². The van der Waals surface area contributed by atoms with Crippen molar-refractivity contribution in [2.24, 2.45) is 29.2 Å². The van der Waals surface area contributed by atoms with Gasteiger partial charge in [-0.3, -0.25) is 19.2 Å². The highest BCUT2D eigenvalue weighted by molar-refractivity contribution is 5.94. The van der Waals surface area contributed by atoms with Crippen LogP contribution in [0.15, 0.2) is 0 Å². The zero-order valence-electron chi connectivity index (χ0n) is 19.1. The monoisotopic (exact) mass is 443 g/mol. The summed E-state index contributed by atoms with van der Waals surface area (Å²) in [5.41, 5.74) is 11.0. The molecular formula is C20H37N5O6. The summed E-state index contributed by atoms with van der Waals surface area (Å²) in [4.78, 5) is 60.4. The van der Waals surface area contributed by atoms with Gasteiger partial charge in [0.2, 0.25) is 23.6 Å². The number of hydrogen-bond acceptors (Lipinski definition) is 6. The Bertz CT molecular complexity index is 664. The first-order valence-electron chi connectivity index (χ1n) is 10.4. The molecule has 0 aromatic heterocycles. The van der Waals surface area contributed by atoms with Gasteiger partial charge in [0, 0.05) is 6.42 Å². The minimum atomic E-state index is -1.22. The topological polar surface area (TPSA) is 194 Å². The second-order valence-corrected chi connectivity index (χ2v) is 8.63. The summed E-state index contributed by atoms with van der Waals surface area (Å²) in [6, 6.07) is -4.19. The zero-order chi connectivity index (χ0) is 24.5. The van der Waals surface area contributed by atoms with Crippen molar-refractivity contribution in [2.75, 3.05) is 0 Å². The van der Waals surface area contributed by atoms with Crippen LogP contribution in [0.4, 0.5) is 0 Å². The fraction of sp³-hybridized carbons (Fsp3) is 0.750. The number of nitrogens with two attached hydrogens (primary N) is 2. The number of aliphatic carboxylic acids is 1. The molecule has 178 valence electrons. The summed E-state index contributed by atoms with van der Waals surface area (Å²) >= 11 is 0. The number of nitrogens with one attached hydrogen (secondary N) is 3. The lowest BCUT2D eigenvalue weighted by Gasteiger charge is -2.28. The molecule has 0 saturated carbocycles. The van der Waals surface area contributed by atoms with Gasteiger partial charge < -0.3 is 32.5 Å². The molecule has 0 aliphatic rings. The molecule has 0 aliphatic carbocycles. The van der Waals surface area contributed by atoms with E-state index in [2.05, 4.69) is 16.0 Å². The molecule has 4 atom stereocenters. The van der Waals surface area contributed by atoms with Gasteiger partial charge in [0.05, 0.1) is 6.04 Å². The second kappa shape index (κ2) is 12.9. The molecular weight excluding hydrogens is 406 g/mol. The highest BCUT2D eigenvalue weighted by Crippen LogP contribution is 2.08. The molecule has 8 N–H and O–H groups in total. The molecule has 0 aromatic carbocycles. The Morgan fingerprint density at radius 3 is 1.61 bits per heavy atom. The second-order valence-electron chi connectivity index (χ2n) is 8.63. The summed E-state index contributed by atoms with van der Waals surface area (Å²) in [5.74, 6) is -4.70. The SMILES string of the molecule is CC(C)C(N)C(=O)NC(C(=O)NC(CCC(N)=O)C(=O)NC(C(=O)O)C(C)C)C(C)C. The quantitative estimate of drug-likeness (QED) is 0.212. The van der Waals surface area contributed by atoms with Crippen LogP contribution in [0.25, 0.3) is 0 Å². The largest absolute Gasteiger partial charge is 0.480 e. The van der Waals surface area contributed by atoms with Gasteiger partial charge in [-0.25, -0.2) is 4.79 Å². The average molecular weight is 444 g/mol. The number of carbonyl (C=O) groups excluding carboxylic acids is 4. The van der Waals surface area contributed by atoms with Crippen molar-refractivity contribution in [3.63, 3.8) is 0 Å². The number of carboxylic acids is 1. The lowest BCUT2D eigenvalue weighted by molar-refractivity contribution is -0.143. The molecule has 0 heterocycles. The molecule has 11 nitrogen and oxygen atoms in total. The van der Waals surface area contributed by atoms with E-state index >= 15 is 0 Å². The van der Waals surface area contributed by atoms with Gasteiger partial charge >= 0.3 is 5.97 Å². The number of carbonyl (C=O) groups is 5. The van der Waals surface area contributed by atoms with Crippen molar-refractivity contribution in [3.8, 4) is 0 Å². The van der Waals surface area contributed by atoms with Crippen molar-refractivity contribution in [1.82, 2.24) is 16.0 Å². The minimum Gasteiger partial charge on any atom is -0.480 e. The van der Waals surface area contributed by atoms with Crippen LogP contribution in [0, 0.1) is 17.8 Å². The number of hydrogen-bond donors (Lipinski definition) is 6. The standard InChI is InChI=1S/C20H37N5O6/c1-9(2)14(22)18(28)24-15(10(3)4)19(29)23-12(7-8-13(21)26)17(27)25-16(11(5)6)20(30)31/h9-12,14-16H,7-8,22H2,1-6H3,(H2,21,26)(H,23,29)(H,24,28)(H,25,27)(H,30,31). The first kappa shape index (κ1) is 28.3. The van der Waals surface area contributed by atoms with Crippen molar-refractivity contribution in [3.05, 3.63) is 0 Å². The van der Waals surface area contributed by atoms with Crippen LogP contribution in [0.1, 0.15) is 54.4 Å². The van der Waals surface area contributed by atoms with E-state index in [1.54, 1.807) is 41.5 Å². The third kappa shape index (κ3) is 9.77. The van der Waals surface area contributed by atoms with Crippen LogP contribution in [0.2, 0.25) is 0 Å². The molecule has 11 heteroatoms. The molecule has 0 saturated heterocycles. The predicted octanol–water partition coefficient (Wildman–Crippen LogP) is -0.914. The van der Waals surface area contributed by atoms with Gasteiger partial charge in [0.15, 0.2) is 0 Å². The molecule has 0 spiro atoms. The van der Waals surface area contributed by atoms with Crippen LogP contribution in [-0.2, 0) is 24.0 Å². The summed E-state index contributed by atoms with van der Waals surface area (Å²) in [6.45, 7) is 10.2. The Morgan fingerprint density at radius 2 is 1.23 bits per heavy atom. The average Bonchev–Trinajstić information content (AvgIpc) is 2.64. The first-order valence-corrected chi connectivity index (χ1v) is 10.4. The Labute approximate surface area is 183 Å². The number of carboxylic acid groups (broad SMARTS) is 1. The third-order valence-corrected chi connectivity index (χ3v) is 4.81. The van der Waals surface area contributed by atoms with Gasteiger partial charge in [-0.15, -0.1) is 0 Å². The number of rotatable bonds is 13. The van der Waals surface area contributed by atoms with Crippen LogP contribution >= 0.6 is 0 Å². The lowest BCUT2D eigenvalue weighted by atomic mass is 9.99. The van der Waals surface area contributed by atoms with Crippen molar-refractivity contribution >= 4 is 29.6 Å². The van der Waals surface area contributed by atoms with Gasteiger partial charge in [0.25, 0.3) is 0 Å². The smallest absolute Gasteiger partial charge is 0.326 e. The van der Waals surface area contributed by atoms with Crippen molar-refractivity contribution < 1.29 is 29.1 Å². The predicted molar refractivity (Wildman–Crippen MR) is 114 cm³/mol. The summed E-state index contributed by atoms with van der Waals surface area (Å²) in [6.07, 6.45) is -0.323. The molecule has 0 aromatic rings. The van der Waals surface area contributed by atoms with E-state index < -0.39 is 59.7 Å². The fourth-order valence-electron chi connectivity index (χ4n) is 2.67. The van der Waals surface area contributed by atoms with E-state index in [0.29, 0.717) is 0 Å². The number of amides is 4. The van der Waals surface area contributed by atoms with E-state index in [1.165, 1.54) is 0 Å². The first-order chi connectivity index (χ1) is 14.2. The highest BCUT2D eigenvalue weighted by Gasteiger charge is 2.32. The summed E-state index contributed by atoms with van der Waals surface area (Å²) < 4.78 is 0. The van der Waals surface area contributed by atoms with Crippen molar-refractivity contribution in [1.29, 1.82) is 0 Å². The Balaban J connectivity index is 5.51. The third-order valence-electron chi connectivity index (χ3n) is 4.81. The minimum absolute atomic E-state index is 0.123. The Kier molecular flexibility index (Phi) is 11.8. The molecule has 0 bridgehead atoms.